The van der Waals surface area contributed by atoms with Gasteiger partial charge in [0.05, 0.1) is 30.3 Å². The van der Waals surface area contributed by atoms with Crippen LogP contribution in [0.5, 0.6) is 0 Å². The van der Waals surface area contributed by atoms with E-state index in [4.69, 9.17) is 4.74 Å². The third-order valence-electron chi connectivity index (χ3n) is 2.49. The van der Waals surface area contributed by atoms with Crippen LogP contribution in [0.3, 0.4) is 0 Å². The fourth-order valence-electron chi connectivity index (χ4n) is 1.67. The minimum Gasteiger partial charge on any atom is -0.383 e. The lowest BCUT2D eigenvalue weighted by Crippen LogP contribution is -2.06. The van der Waals surface area contributed by atoms with Gasteiger partial charge in [-0.15, -0.1) is 0 Å². The highest BCUT2D eigenvalue weighted by molar-refractivity contribution is 9.10. The van der Waals surface area contributed by atoms with E-state index in [1.54, 1.807) is 0 Å². The van der Waals surface area contributed by atoms with Crippen molar-refractivity contribution in [2.45, 2.75) is 6.54 Å². The number of hydrogen-bond acceptors (Lipinski definition) is 4. The lowest BCUT2D eigenvalue weighted by molar-refractivity contribution is -0.385. The number of nitro groups is 1. The molecule has 96 valence electrons. The van der Waals surface area contributed by atoms with Gasteiger partial charge in [0.1, 0.15) is 9.99 Å². The zero-order chi connectivity index (χ0) is 13.3. The number of halogens is 2. The van der Waals surface area contributed by atoms with Gasteiger partial charge in [-0.2, -0.15) is 5.10 Å². The monoisotopic (exact) mass is 317 g/mol. The van der Waals surface area contributed by atoms with Crippen LogP contribution in [0.4, 0.5) is 10.1 Å². The zero-order valence-electron chi connectivity index (χ0n) is 9.39. The van der Waals surface area contributed by atoms with Crippen LogP contribution >= 0.6 is 15.9 Å². The third-order valence-corrected chi connectivity index (χ3v) is 3.33. The molecule has 1 aromatic carbocycles. The van der Waals surface area contributed by atoms with Crippen LogP contribution in [0, 0.1) is 15.9 Å². The van der Waals surface area contributed by atoms with E-state index in [0.717, 1.165) is 6.07 Å². The highest BCUT2D eigenvalue weighted by Gasteiger charge is 2.21. The van der Waals surface area contributed by atoms with Gasteiger partial charge in [-0.25, -0.2) is 4.39 Å². The van der Waals surface area contributed by atoms with Crippen LogP contribution < -0.4 is 0 Å². The fraction of sp³-hybridized carbons (Fsp3) is 0.300. The number of nitro benzene ring substituents is 1. The summed E-state index contributed by atoms with van der Waals surface area (Å²) < 4.78 is 20.4. The number of benzene rings is 1. The van der Waals surface area contributed by atoms with E-state index in [1.165, 1.54) is 18.0 Å². The molecule has 0 aliphatic heterocycles. The smallest absolute Gasteiger partial charge is 0.287 e. The molecule has 0 spiro atoms. The summed E-state index contributed by atoms with van der Waals surface area (Å²) in [5.41, 5.74) is -0.0872. The maximum Gasteiger partial charge on any atom is 0.287 e. The Balaban J connectivity index is 2.62. The molecule has 0 saturated carbocycles. The third kappa shape index (κ3) is 2.08. The SMILES string of the molecule is COCCn1ncc2c(Br)c([N+](=O)[O-])cc(F)c21. The van der Waals surface area contributed by atoms with Crippen LogP contribution in [-0.2, 0) is 11.3 Å². The van der Waals surface area contributed by atoms with Gasteiger partial charge in [0.2, 0.25) is 0 Å². The fourth-order valence-corrected chi connectivity index (χ4v) is 2.22. The Morgan fingerprint density at radius 2 is 2.39 bits per heavy atom. The largest absolute Gasteiger partial charge is 0.383 e. The molecule has 0 unspecified atom stereocenters. The van der Waals surface area contributed by atoms with Crippen molar-refractivity contribution >= 4 is 32.5 Å². The van der Waals surface area contributed by atoms with E-state index in [0.29, 0.717) is 18.5 Å². The van der Waals surface area contributed by atoms with Gasteiger partial charge in [-0.1, -0.05) is 0 Å². The highest BCUT2D eigenvalue weighted by atomic mass is 79.9. The van der Waals surface area contributed by atoms with E-state index >= 15 is 0 Å². The Morgan fingerprint density at radius 3 is 3.00 bits per heavy atom. The summed E-state index contributed by atoms with van der Waals surface area (Å²) in [5, 5.41) is 15.1. The van der Waals surface area contributed by atoms with E-state index in [1.807, 2.05) is 0 Å². The Bertz CT molecular complexity index is 614. The van der Waals surface area contributed by atoms with Crippen LogP contribution in [0.15, 0.2) is 16.7 Å². The molecule has 0 saturated heterocycles. The average molecular weight is 318 g/mol. The number of hydrogen-bond donors (Lipinski definition) is 0. The quantitative estimate of drug-likeness (QED) is 0.641. The van der Waals surface area contributed by atoms with E-state index in [9.17, 15) is 14.5 Å². The molecule has 8 heteroatoms. The van der Waals surface area contributed by atoms with Gasteiger partial charge in [0.25, 0.3) is 5.69 Å². The number of fused-ring (bicyclic) bond motifs is 1. The molecule has 2 rings (SSSR count). The van der Waals surface area contributed by atoms with Crippen molar-refractivity contribution < 1.29 is 14.1 Å². The minimum atomic E-state index is -0.673. The molecular formula is C10H9BrFN3O3. The van der Waals surface area contributed by atoms with Crippen molar-refractivity contribution in [3.63, 3.8) is 0 Å². The molecule has 0 amide bonds. The topological polar surface area (TPSA) is 70.2 Å². The van der Waals surface area contributed by atoms with Crippen LogP contribution in [0.1, 0.15) is 0 Å². The molecular weight excluding hydrogens is 309 g/mol. The Labute approximate surface area is 110 Å². The first-order valence-corrected chi connectivity index (χ1v) is 5.82. The van der Waals surface area contributed by atoms with Gasteiger partial charge in [0, 0.05) is 12.5 Å². The van der Waals surface area contributed by atoms with E-state index in [2.05, 4.69) is 21.0 Å². The predicted molar refractivity (Wildman–Crippen MR) is 65.9 cm³/mol. The molecule has 0 bridgehead atoms. The minimum absolute atomic E-state index is 0.226. The summed E-state index contributed by atoms with van der Waals surface area (Å²) >= 11 is 3.11. The summed E-state index contributed by atoms with van der Waals surface area (Å²) in [6, 6.07) is 0.886. The first-order valence-electron chi connectivity index (χ1n) is 5.03. The summed E-state index contributed by atoms with van der Waals surface area (Å²) in [7, 11) is 1.53. The van der Waals surface area contributed by atoms with E-state index in [-0.39, 0.29) is 15.7 Å². The summed E-state index contributed by atoms with van der Waals surface area (Å²) in [6.45, 7) is 0.756. The summed E-state index contributed by atoms with van der Waals surface area (Å²) in [4.78, 5) is 10.1. The van der Waals surface area contributed by atoms with E-state index < -0.39 is 10.7 Å². The molecule has 18 heavy (non-hydrogen) atoms. The number of aromatic nitrogens is 2. The molecule has 0 radical (unpaired) electrons. The molecule has 2 aromatic rings. The number of rotatable bonds is 4. The predicted octanol–water partition coefficient (Wildman–Crippen LogP) is 2.49. The van der Waals surface area contributed by atoms with Crippen molar-refractivity contribution in [3.05, 3.63) is 32.7 Å². The van der Waals surface area contributed by atoms with Gasteiger partial charge in [-0.05, 0) is 15.9 Å². The molecule has 0 aliphatic rings. The van der Waals surface area contributed by atoms with Crippen molar-refractivity contribution in [2.24, 2.45) is 0 Å². The molecule has 0 fully saturated rings. The molecule has 0 atom stereocenters. The lowest BCUT2D eigenvalue weighted by atomic mass is 10.2. The van der Waals surface area contributed by atoms with Gasteiger partial charge >= 0.3 is 0 Å². The van der Waals surface area contributed by atoms with Crippen LogP contribution in [-0.4, -0.2) is 28.4 Å². The summed E-state index contributed by atoms with van der Waals surface area (Å²) in [5.74, 6) is -0.673. The van der Waals surface area contributed by atoms with Gasteiger partial charge in [-0.3, -0.25) is 14.8 Å². The second-order valence-corrected chi connectivity index (χ2v) is 4.36. The number of nitrogens with zero attached hydrogens (tertiary/aromatic N) is 3. The standard InChI is InChI=1S/C10H9BrFN3O3/c1-18-3-2-14-10-6(5-13-14)9(11)8(15(16)17)4-7(10)12/h4-5H,2-3H2,1H3. The summed E-state index contributed by atoms with van der Waals surface area (Å²) in [6.07, 6.45) is 1.39. The normalized spacial score (nSPS) is 11.1. The second-order valence-electron chi connectivity index (χ2n) is 3.57. The first-order chi connectivity index (χ1) is 8.56. The van der Waals surface area contributed by atoms with Crippen molar-refractivity contribution in [2.75, 3.05) is 13.7 Å². The second kappa shape index (κ2) is 4.99. The average Bonchev–Trinajstić information content (AvgIpc) is 2.75. The molecule has 0 N–H and O–H groups in total. The Kier molecular flexibility index (Phi) is 3.58. The highest BCUT2D eigenvalue weighted by Crippen LogP contribution is 2.34. The van der Waals surface area contributed by atoms with Crippen molar-refractivity contribution in [1.82, 2.24) is 9.78 Å². The molecule has 6 nitrogen and oxygen atoms in total. The van der Waals surface area contributed by atoms with Crippen molar-refractivity contribution in [1.29, 1.82) is 0 Å². The lowest BCUT2D eigenvalue weighted by Gasteiger charge is -2.04. The van der Waals surface area contributed by atoms with Gasteiger partial charge < -0.3 is 4.74 Å². The Hall–Kier alpha value is -1.54. The van der Waals surface area contributed by atoms with Gasteiger partial charge in [0.15, 0.2) is 5.82 Å². The molecule has 1 heterocycles. The van der Waals surface area contributed by atoms with Crippen LogP contribution in [0.2, 0.25) is 0 Å². The molecule has 0 aliphatic carbocycles. The Morgan fingerprint density at radius 1 is 1.67 bits per heavy atom. The molecule has 1 aromatic heterocycles. The zero-order valence-corrected chi connectivity index (χ0v) is 11.0. The maximum absolute atomic E-state index is 13.9. The number of methoxy groups -OCH3 is 1. The first kappa shape index (κ1) is 12.9. The van der Waals surface area contributed by atoms with Crippen molar-refractivity contribution in [3.8, 4) is 0 Å². The number of ether oxygens (including phenoxy) is 1. The maximum atomic E-state index is 13.9. The van der Waals surface area contributed by atoms with Crippen LogP contribution in [0.25, 0.3) is 10.9 Å².